The molecular weight excluding hydrogens is 263 g/mol. The van der Waals surface area contributed by atoms with Crippen molar-refractivity contribution in [1.29, 1.82) is 0 Å². The molecule has 0 spiro atoms. The van der Waals surface area contributed by atoms with Crippen LogP contribution in [0.15, 0.2) is 12.7 Å². The van der Waals surface area contributed by atoms with Crippen LogP contribution < -0.4 is 0 Å². The number of likely N-dealkylation sites (N-methyl/N-ethyl adjacent to an activating group) is 1. The zero-order valence-electron chi connectivity index (χ0n) is 10.7. The van der Waals surface area contributed by atoms with Crippen molar-refractivity contribution in [2.75, 3.05) is 7.05 Å². The average molecular weight is 281 g/mol. The molecule has 0 rings (SSSR count). The standard InChI is InChI=1S/C12H18F3NO3/c1-3-4-6-9(11(18)19)16(2)10(17)7-5-8-12(13,14)15/h3,9H,1,4-8H2,2H3,(H,18,19). The Morgan fingerprint density at radius 2 is 2.00 bits per heavy atom. The van der Waals surface area contributed by atoms with E-state index in [4.69, 9.17) is 5.11 Å². The van der Waals surface area contributed by atoms with Crippen LogP contribution in [0, 0.1) is 0 Å². The van der Waals surface area contributed by atoms with Crippen LogP contribution >= 0.6 is 0 Å². The fourth-order valence-electron chi connectivity index (χ4n) is 1.55. The lowest BCUT2D eigenvalue weighted by Crippen LogP contribution is -2.42. The van der Waals surface area contributed by atoms with Crippen molar-refractivity contribution in [3.05, 3.63) is 12.7 Å². The van der Waals surface area contributed by atoms with Crippen LogP contribution in [0.4, 0.5) is 13.2 Å². The monoisotopic (exact) mass is 281 g/mol. The summed E-state index contributed by atoms with van der Waals surface area (Å²) in [5.41, 5.74) is 0. The lowest BCUT2D eigenvalue weighted by molar-refractivity contribution is -0.150. The first-order valence-electron chi connectivity index (χ1n) is 5.85. The summed E-state index contributed by atoms with van der Waals surface area (Å²) in [6, 6.07) is -1.03. The Hall–Kier alpha value is -1.53. The summed E-state index contributed by atoms with van der Waals surface area (Å²) in [4.78, 5) is 23.6. The molecule has 1 atom stereocenters. The lowest BCUT2D eigenvalue weighted by atomic mass is 10.1. The second-order valence-corrected chi connectivity index (χ2v) is 4.19. The minimum Gasteiger partial charge on any atom is -0.480 e. The molecule has 1 amide bonds. The normalized spacial score (nSPS) is 12.8. The summed E-state index contributed by atoms with van der Waals surface area (Å²) in [7, 11) is 1.29. The summed E-state index contributed by atoms with van der Waals surface area (Å²) in [5.74, 6) is -1.77. The molecule has 19 heavy (non-hydrogen) atoms. The van der Waals surface area contributed by atoms with Gasteiger partial charge in [0.25, 0.3) is 0 Å². The van der Waals surface area contributed by atoms with Crippen molar-refractivity contribution < 1.29 is 27.9 Å². The van der Waals surface area contributed by atoms with Gasteiger partial charge in [-0.05, 0) is 19.3 Å². The number of amides is 1. The number of nitrogens with zero attached hydrogens (tertiary/aromatic N) is 1. The van der Waals surface area contributed by atoms with Crippen LogP contribution in [0.25, 0.3) is 0 Å². The molecule has 0 aliphatic rings. The number of alkyl halides is 3. The maximum absolute atomic E-state index is 11.9. The van der Waals surface area contributed by atoms with Crippen LogP contribution in [-0.2, 0) is 9.59 Å². The molecule has 4 nitrogen and oxygen atoms in total. The number of hydrogen-bond donors (Lipinski definition) is 1. The highest BCUT2D eigenvalue weighted by Crippen LogP contribution is 2.22. The second kappa shape index (κ2) is 7.81. The van der Waals surface area contributed by atoms with Crippen molar-refractivity contribution in [1.82, 2.24) is 4.90 Å². The summed E-state index contributed by atoms with van der Waals surface area (Å²) >= 11 is 0. The van der Waals surface area contributed by atoms with Crippen LogP contribution in [0.1, 0.15) is 32.1 Å². The highest BCUT2D eigenvalue weighted by Gasteiger charge is 2.29. The fraction of sp³-hybridized carbons (Fsp3) is 0.667. The first-order chi connectivity index (χ1) is 8.69. The van der Waals surface area contributed by atoms with Gasteiger partial charge in [-0.2, -0.15) is 13.2 Å². The Labute approximate surface area is 109 Å². The highest BCUT2D eigenvalue weighted by molar-refractivity contribution is 5.83. The zero-order valence-corrected chi connectivity index (χ0v) is 10.7. The smallest absolute Gasteiger partial charge is 0.389 e. The van der Waals surface area contributed by atoms with Crippen molar-refractivity contribution in [2.45, 2.75) is 44.3 Å². The Kier molecular flexibility index (Phi) is 7.18. The van der Waals surface area contributed by atoms with E-state index >= 15 is 0 Å². The first-order valence-corrected chi connectivity index (χ1v) is 5.85. The van der Waals surface area contributed by atoms with Crippen molar-refractivity contribution in [3.63, 3.8) is 0 Å². The van der Waals surface area contributed by atoms with E-state index in [0.29, 0.717) is 6.42 Å². The number of carbonyl (C=O) groups is 2. The van der Waals surface area contributed by atoms with Gasteiger partial charge in [0, 0.05) is 19.9 Å². The van der Waals surface area contributed by atoms with Gasteiger partial charge in [-0.1, -0.05) is 6.08 Å². The number of carboxylic acid groups (broad SMARTS) is 1. The molecule has 1 unspecified atom stereocenters. The summed E-state index contributed by atoms with van der Waals surface area (Å²) in [6.07, 6.45) is -3.85. The highest BCUT2D eigenvalue weighted by atomic mass is 19.4. The predicted octanol–water partition coefficient (Wildman–Crippen LogP) is 2.60. The number of halogens is 3. The van der Waals surface area contributed by atoms with Gasteiger partial charge in [-0.15, -0.1) is 6.58 Å². The van der Waals surface area contributed by atoms with E-state index in [1.807, 2.05) is 0 Å². The number of carbonyl (C=O) groups excluding carboxylic acids is 1. The van der Waals surface area contributed by atoms with Gasteiger partial charge in [0.2, 0.25) is 5.91 Å². The number of hydrogen-bond acceptors (Lipinski definition) is 2. The van der Waals surface area contributed by atoms with E-state index in [1.54, 1.807) is 0 Å². The zero-order chi connectivity index (χ0) is 15.1. The number of aliphatic carboxylic acids is 1. The van der Waals surface area contributed by atoms with Gasteiger partial charge in [0.15, 0.2) is 0 Å². The van der Waals surface area contributed by atoms with E-state index < -0.39 is 30.5 Å². The molecule has 0 aromatic carbocycles. The van der Waals surface area contributed by atoms with Gasteiger partial charge >= 0.3 is 12.1 Å². The van der Waals surface area contributed by atoms with E-state index in [0.717, 1.165) is 4.90 Å². The minimum absolute atomic E-state index is 0.195. The predicted molar refractivity (Wildman–Crippen MR) is 63.5 cm³/mol. The largest absolute Gasteiger partial charge is 0.480 e. The maximum Gasteiger partial charge on any atom is 0.389 e. The van der Waals surface area contributed by atoms with Crippen LogP contribution in [-0.4, -0.2) is 41.1 Å². The molecule has 0 aromatic heterocycles. The van der Waals surface area contributed by atoms with E-state index in [2.05, 4.69) is 6.58 Å². The SMILES string of the molecule is C=CCCC(C(=O)O)N(C)C(=O)CCCC(F)(F)F. The van der Waals surface area contributed by atoms with Gasteiger partial charge in [-0.3, -0.25) is 4.79 Å². The molecule has 0 saturated heterocycles. The topological polar surface area (TPSA) is 57.6 Å². The van der Waals surface area contributed by atoms with Crippen LogP contribution in [0.2, 0.25) is 0 Å². The molecule has 0 heterocycles. The lowest BCUT2D eigenvalue weighted by Gasteiger charge is -2.24. The Bertz CT molecular complexity index is 329. The molecule has 0 bridgehead atoms. The number of carboxylic acids is 1. The van der Waals surface area contributed by atoms with E-state index in [-0.39, 0.29) is 19.3 Å². The van der Waals surface area contributed by atoms with Crippen LogP contribution in [0.5, 0.6) is 0 Å². The van der Waals surface area contributed by atoms with Crippen molar-refractivity contribution in [2.24, 2.45) is 0 Å². The van der Waals surface area contributed by atoms with E-state index in [1.165, 1.54) is 13.1 Å². The second-order valence-electron chi connectivity index (χ2n) is 4.19. The summed E-state index contributed by atoms with van der Waals surface area (Å²) < 4.78 is 35.8. The van der Waals surface area contributed by atoms with E-state index in [9.17, 15) is 22.8 Å². The molecule has 0 aliphatic carbocycles. The third-order valence-corrected chi connectivity index (χ3v) is 2.64. The molecular formula is C12H18F3NO3. The van der Waals surface area contributed by atoms with Gasteiger partial charge < -0.3 is 10.0 Å². The quantitative estimate of drug-likeness (QED) is 0.696. The number of rotatable bonds is 8. The molecule has 0 aromatic rings. The molecule has 7 heteroatoms. The molecule has 0 aliphatic heterocycles. The fourth-order valence-corrected chi connectivity index (χ4v) is 1.55. The molecule has 1 N–H and O–H groups in total. The summed E-state index contributed by atoms with van der Waals surface area (Å²) in [6.45, 7) is 3.45. The van der Waals surface area contributed by atoms with Gasteiger partial charge in [0.1, 0.15) is 6.04 Å². The third-order valence-electron chi connectivity index (χ3n) is 2.64. The average Bonchev–Trinajstić information content (AvgIpc) is 2.26. The number of allylic oxidation sites excluding steroid dienone is 1. The Balaban J connectivity index is 4.34. The molecule has 0 fully saturated rings. The molecule has 0 radical (unpaired) electrons. The maximum atomic E-state index is 11.9. The van der Waals surface area contributed by atoms with Gasteiger partial charge in [0.05, 0.1) is 0 Å². The third kappa shape index (κ3) is 7.48. The Morgan fingerprint density at radius 3 is 2.42 bits per heavy atom. The molecule has 110 valence electrons. The summed E-state index contributed by atoms with van der Waals surface area (Å²) in [5, 5.41) is 8.97. The van der Waals surface area contributed by atoms with Crippen molar-refractivity contribution >= 4 is 11.9 Å². The van der Waals surface area contributed by atoms with Gasteiger partial charge in [-0.25, -0.2) is 4.79 Å². The van der Waals surface area contributed by atoms with Crippen LogP contribution in [0.3, 0.4) is 0 Å². The van der Waals surface area contributed by atoms with Crippen molar-refractivity contribution in [3.8, 4) is 0 Å². The Morgan fingerprint density at radius 1 is 1.42 bits per heavy atom. The first kappa shape index (κ1) is 17.5. The minimum atomic E-state index is -4.30. The molecule has 0 saturated carbocycles.